The second kappa shape index (κ2) is 7.04. The summed E-state index contributed by atoms with van der Waals surface area (Å²) in [6, 6.07) is 5.79. The third kappa shape index (κ3) is 4.06. The molecule has 2 rings (SSSR count). The van der Waals surface area contributed by atoms with Crippen molar-refractivity contribution in [3.63, 3.8) is 0 Å². The average Bonchev–Trinajstić information content (AvgIpc) is 2.89. The molecule has 0 fully saturated rings. The lowest BCUT2D eigenvalue weighted by atomic mass is 10.2. The van der Waals surface area contributed by atoms with Crippen molar-refractivity contribution in [2.45, 2.75) is 12.7 Å². The monoisotopic (exact) mass is 296 g/mol. The fourth-order valence-corrected chi connectivity index (χ4v) is 2.10. The molecule has 2 aromatic rings. The normalized spacial score (nSPS) is 10.5. The van der Waals surface area contributed by atoms with Gasteiger partial charge in [0.25, 0.3) is 5.89 Å². The Morgan fingerprint density at radius 2 is 2.15 bits per heavy atom. The Morgan fingerprint density at radius 1 is 1.40 bits per heavy atom. The topological polar surface area (TPSA) is 65.2 Å². The van der Waals surface area contributed by atoms with Crippen LogP contribution >= 0.6 is 11.8 Å². The molecule has 0 atom stereocenters. The van der Waals surface area contributed by atoms with Crippen LogP contribution in [-0.2, 0) is 15.3 Å². The Hall–Kier alpha value is -1.89. The molecule has 7 heteroatoms. The van der Waals surface area contributed by atoms with Crippen molar-refractivity contribution in [3.05, 3.63) is 35.9 Å². The van der Waals surface area contributed by atoms with Crippen molar-refractivity contribution in [2.24, 2.45) is 0 Å². The highest BCUT2D eigenvalue weighted by atomic mass is 32.2. The van der Waals surface area contributed by atoms with Crippen LogP contribution in [0.3, 0.4) is 0 Å². The van der Waals surface area contributed by atoms with Gasteiger partial charge in [0.1, 0.15) is 5.82 Å². The van der Waals surface area contributed by atoms with E-state index < -0.39 is 0 Å². The molecule has 20 heavy (non-hydrogen) atoms. The highest BCUT2D eigenvalue weighted by Crippen LogP contribution is 2.19. The summed E-state index contributed by atoms with van der Waals surface area (Å²) in [6.07, 6.45) is 0. The summed E-state index contributed by atoms with van der Waals surface area (Å²) >= 11 is 1.35. The summed E-state index contributed by atoms with van der Waals surface area (Å²) in [6.45, 7) is 2.13. The van der Waals surface area contributed by atoms with Crippen LogP contribution in [0.5, 0.6) is 0 Å². The summed E-state index contributed by atoms with van der Waals surface area (Å²) in [5.74, 6) is 0.922. The quantitative estimate of drug-likeness (QED) is 0.764. The molecule has 0 N–H and O–H groups in total. The molecule has 0 unspecified atom stereocenters. The van der Waals surface area contributed by atoms with Crippen LogP contribution in [0.15, 0.2) is 28.8 Å². The zero-order valence-corrected chi connectivity index (χ0v) is 11.7. The lowest BCUT2D eigenvalue weighted by Gasteiger charge is -1.99. The first-order valence-electron chi connectivity index (χ1n) is 6.01. The van der Waals surface area contributed by atoms with Gasteiger partial charge >= 0.3 is 5.97 Å². The van der Waals surface area contributed by atoms with Crippen LogP contribution in [0.25, 0.3) is 11.5 Å². The molecule has 0 saturated carbocycles. The van der Waals surface area contributed by atoms with Gasteiger partial charge in [-0.15, -0.1) is 11.8 Å². The average molecular weight is 296 g/mol. The molecule has 0 radical (unpaired) electrons. The van der Waals surface area contributed by atoms with Gasteiger partial charge in [0.2, 0.25) is 0 Å². The highest BCUT2D eigenvalue weighted by molar-refractivity contribution is 7.99. The number of hydrogen-bond donors (Lipinski definition) is 0. The molecular formula is C13H13FN2O3S. The molecule has 0 aliphatic carbocycles. The van der Waals surface area contributed by atoms with Crippen molar-refractivity contribution < 1.29 is 18.4 Å². The zero-order chi connectivity index (χ0) is 14.4. The van der Waals surface area contributed by atoms with E-state index in [1.165, 1.54) is 23.9 Å². The van der Waals surface area contributed by atoms with E-state index in [-0.39, 0.29) is 17.5 Å². The van der Waals surface area contributed by atoms with Gasteiger partial charge in [0, 0.05) is 5.56 Å². The van der Waals surface area contributed by atoms with E-state index >= 15 is 0 Å². The Balaban J connectivity index is 1.89. The van der Waals surface area contributed by atoms with Crippen molar-refractivity contribution in [2.75, 3.05) is 12.4 Å². The van der Waals surface area contributed by atoms with E-state index in [1.807, 2.05) is 0 Å². The number of benzene rings is 1. The van der Waals surface area contributed by atoms with Gasteiger partial charge in [0.15, 0.2) is 5.82 Å². The van der Waals surface area contributed by atoms with Gasteiger partial charge in [-0.25, -0.2) is 4.39 Å². The van der Waals surface area contributed by atoms with Gasteiger partial charge in [-0.05, 0) is 31.2 Å². The van der Waals surface area contributed by atoms with Crippen molar-refractivity contribution >= 4 is 17.7 Å². The third-order valence-electron chi connectivity index (χ3n) is 2.32. The highest BCUT2D eigenvalue weighted by Gasteiger charge is 2.10. The Morgan fingerprint density at radius 3 is 2.85 bits per heavy atom. The fraction of sp³-hybridized carbons (Fsp3) is 0.308. The van der Waals surface area contributed by atoms with Crippen molar-refractivity contribution in [1.29, 1.82) is 0 Å². The lowest BCUT2D eigenvalue weighted by Crippen LogP contribution is -2.06. The van der Waals surface area contributed by atoms with Gasteiger partial charge < -0.3 is 9.26 Å². The summed E-state index contributed by atoms with van der Waals surface area (Å²) in [5, 5.41) is 3.81. The molecule has 5 nitrogen and oxygen atoms in total. The maximum absolute atomic E-state index is 12.8. The number of halogens is 1. The number of carbonyl (C=O) groups excluding carboxylic acids is 1. The molecule has 1 heterocycles. The number of nitrogens with zero attached hydrogens (tertiary/aromatic N) is 2. The molecule has 0 spiro atoms. The molecule has 0 saturated heterocycles. The minimum atomic E-state index is -0.321. The molecule has 1 aromatic heterocycles. The second-order valence-electron chi connectivity index (χ2n) is 3.82. The maximum atomic E-state index is 12.8. The van der Waals surface area contributed by atoms with Gasteiger partial charge in [-0.3, -0.25) is 4.79 Å². The van der Waals surface area contributed by atoms with E-state index in [2.05, 4.69) is 10.1 Å². The summed E-state index contributed by atoms with van der Waals surface area (Å²) in [5.41, 5.74) is 0.653. The van der Waals surface area contributed by atoms with Crippen LogP contribution in [-0.4, -0.2) is 28.5 Å². The Kier molecular flexibility index (Phi) is 5.11. The number of esters is 1. The largest absolute Gasteiger partial charge is 0.465 e. The first kappa shape index (κ1) is 14.5. The van der Waals surface area contributed by atoms with E-state index in [0.29, 0.717) is 29.6 Å². The van der Waals surface area contributed by atoms with Crippen LogP contribution in [0, 0.1) is 5.82 Å². The molecule has 0 bridgehead atoms. The number of ether oxygens (including phenoxy) is 1. The number of aromatic nitrogens is 2. The maximum Gasteiger partial charge on any atom is 0.315 e. The zero-order valence-electron chi connectivity index (χ0n) is 10.8. The summed E-state index contributed by atoms with van der Waals surface area (Å²) in [7, 11) is 0. The first-order chi connectivity index (χ1) is 9.69. The molecule has 0 amide bonds. The predicted molar refractivity (Wildman–Crippen MR) is 72.5 cm³/mol. The fourth-order valence-electron chi connectivity index (χ4n) is 1.45. The van der Waals surface area contributed by atoms with E-state index in [4.69, 9.17) is 9.26 Å². The molecule has 1 aromatic carbocycles. The third-order valence-corrected chi connectivity index (χ3v) is 3.22. The standard InChI is InChI=1S/C13H13FN2O3S/c1-2-18-12(17)8-20-7-11-15-13(19-16-11)9-3-5-10(14)6-4-9/h3-6H,2,7-8H2,1H3. The second-order valence-corrected chi connectivity index (χ2v) is 4.81. The Labute approximate surface area is 119 Å². The van der Waals surface area contributed by atoms with Gasteiger partial charge in [-0.1, -0.05) is 5.16 Å². The number of thioether (sulfide) groups is 1. The van der Waals surface area contributed by atoms with Crippen LogP contribution in [0.1, 0.15) is 12.7 Å². The van der Waals surface area contributed by atoms with Crippen LogP contribution < -0.4 is 0 Å². The molecule has 0 aliphatic heterocycles. The van der Waals surface area contributed by atoms with Crippen molar-refractivity contribution in [1.82, 2.24) is 10.1 Å². The minimum absolute atomic E-state index is 0.244. The van der Waals surface area contributed by atoms with E-state index in [9.17, 15) is 9.18 Å². The number of carbonyl (C=O) groups is 1. The Bertz CT molecular complexity index is 571. The molecular weight excluding hydrogens is 283 g/mol. The molecule has 106 valence electrons. The number of rotatable bonds is 6. The van der Waals surface area contributed by atoms with Gasteiger partial charge in [0.05, 0.1) is 18.1 Å². The first-order valence-corrected chi connectivity index (χ1v) is 7.16. The van der Waals surface area contributed by atoms with Crippen LogP contribution in [0.4, 0.5) is 4.39 Å². The van der Waals surface area contributed by atoms with Crippen molar-refractivity contribution in [3.8, 4) is 11.5 Å². The summed E-state index contributed by atoms with van der Waals surface area (Å²) in [4.78, 5) is 15.3. The van der Waals surface area contributed by atoms with E-state index in [0.717, 1.165) is 0 Å². The smallest absolute Gasteiger partial charge is 0.315 e. The SMILES string of the molecule is CCOC(=O)CSCc1noc(-c2ccc(F)cc2)n1. The predicted octanol–water partition coefficient (Wildman–Crippen LogP) is 2.67. The minimum Gasteiger partial charge on any atom is -0.465 e. The lowest BCUT2D eigenvalue weighted by molar-refractivity contribution is -0.139. The molecule has 0 aliphatic rings. The summed E-state index contributed by atoms with van der Waals surface area (Å²) < 4.78 is 22.7. The van der Waals surface area contributed by atoms with E-state index in [1.54, 1.807) is 19.1 Å². The van der Waals surface area contributed by atoms with Gasteiger partial charge in [-0.2, -0.15) is 4.98 Å². The number of hydrogen-bond acceptors (Lipinski definition) is 6. The van der Waals surface area contributed by atoms with Crippen LogP contribution in [0.2, 0.25) is 0 Å².